The van der Waals surface area contributed by atoms with Gasteiger partial charge in [-0.05, 0) is 16.0 Å². The predicted molar refractivity (Wildman–Crippen MR) is 199 cm³/mol. The zero-order valence-electron chi connectivity index (χ0n) is 29.6. The van der Waals surface area contributed by atoms with Crippen molar-refractivity contribution in [3.63, 3.8) is 0 Å². The van der Waals surface area contributed by atoms with Crippen LogP contribution in [0.1, 0.15) is 21.3 Å². The lowest BCUT2D eigenvalue weighted by molar-refractivity contribution is -0.238. The van der Waals surface area contributed by atoms with Crippen LogP contribution in [0.25, 0.3) is 20.9 Å². The molecule has 16 atom stereocenters. The van der Waals surface area contributed by atoms with Gasteiger partial charge in [0.2, 0.25) is 11.8 Å². The van der Waals surface area contributed by atoms with Gasteiger partial charge in [-0.3, -0.25) is 23.2 Å². The summed E-state index contributed by atoms with van der Waals surface area (Å²) in [5.74, 6) is -1.41. The Morgan fingerprint density at radius 2 is 1.10 bits per heavy atom. The molecular weight excluding hydrogens is 971 g/mol. The first-order chi connectivity index (χ1) is 26.3. The van der Waals surface area contributed by atoms with Gasteiger partial charge in [0, 0.05) is 29.7 Å². The molecule has 334 valence electrons. The zero-order chi connectivity index (χ0) is 44.1. The van der Waals surface area contributed by atoms with E-state index >= 15 is 0 Å². The number of aliphatic hydroxyl groups excluding tert-OH is 6. The van der Waals surface area contributed by atoms with E-state index in [1.54, 1.807) is 0 Å². The average Bonchev–Trinajstić information content (AvgIpc) is 3.35. The molecule has 3 heterocycles. The maximum Gasteiger partial charge on any atom is 0.483 e. The third-order valence-corrected chi connectivity index (χ3v) is 10.4. The van der Waals surface area contributed by atoms with Gasteiger partial charge in [-0.2, -0.15) is 4.31 Å². The summed E-state index contributed by atoms with van der Waals surface area (Å²) in [6.07, 6.45) is -17.7. The third kappa shape index (κ3) is 18.1. The first kappa shape index (κ1) is 56.4. The smallest absolute Gasteiger partial charge is 0.388 e. The topological polar surface area (TPSA) is 474 Å². The van der Waals surface area contributed by atoms with Gasteiger partial charge in [-0.15, -0.1) is 0 Å². The zero-order valence-corrected chi connectivity index (χ0v) is 34.4. The van der Waals surface area contributed by atoms with Crippen LogP contribution in [0.15, 0.2) is 10.2 Å². The SMILES string of the molecule is C.CC(=O)NC1C(OP(=O)(O)O)OC(CN=[N+]=[N-])C(O)C1O.CI.[B][C@@H]1O[C@H](COP(=O)(O)OP(=O)(O)OC2OC(CN=[N+]=[N-])C(O)C(O)C2NC(C)=O)C(O)[C@@H]1O. The molecule has 2 amide bonds. The summed E-state index contributed by atoms with van der Waals surface area (Å²) in [5, 5.41) is 69.9. The van der Waals surface area contributed by atoms with Crippen molar-refractivity contribution in [3.05, 3.63) is 20.9 Å². The predicted octanol–water partition coefficient (Wildman–Crippen LogP) is -2.84. The van der Waals surface area contributed by atoms with Gasteiger partial charge in [0.1, 0.15) is 56.6 Å². The molecule has 13 unspecified atom stereocenters. The first-order valence-corrected chi connectivity index (χ1v) is 22.2. The van der Waals surface area contributed by atoms with Crippen LogP contribution in [0.4, 0.5) is 0 Å². The number of ether oxygens (including phenoxy) is 3. The van der Waals surface area contributed by atoms with Crippen molar-refractivity contribution in [2.45, 2.75) is 107 Å². The van der Waals surface area contributed by atoms with Crippen LogP contribution in [0.2, 0.25) is 0 Å². The molecule has 58 heavy (non-hydrogen) atoms. The molecule has 3 rings (SSSR count). The average molecular weight is 1020 g/mol. The number of nitrogens with one attached hydrogen (secondary N) is 2. The van der Waals surface area contributed by atoms with E-state index in [1.807, 2.05) is 4.93 Å². The number of hydrogen-bond acceptors (Lipinski definition) is 20. The van der Waals surface area contributed by atoms with E-state index in [0.717, 1.165) is 13.8 Å². The van der Waals surface area contributed by atoms with Crippen LogP contribution in [0.3, 0.4) is 0 Å². The molecule has 3 saturated heterocycles. The molecular formula is C23H45BIN8O22P3. The van der Waals surface area contributed by atoms with Gasteiger partial charge >= 0.3 is 23.5 Å². The fraction of sp³-hybridized carbons (Fsp3) is 0.913. The van der Waals surface area contributed by atoms with E-state index in [0.29, 0.717) is 0 Å². The van der Waals surface area contributed by atoms with Crippen LogP contribution in [-0.4, -0.2) is 180 Å². The van der Waals surface area contributed by atoms with Gasteiger partial charge in [-0.1, -0.05) is 40.2 Å². The van der Waals surface area contributed by atoms with Crippen molar-refractivity contribution in [1.29, 1.82) is 0 Å². The van der Waals surface area contributed by atoms with E-state index in [-0.39, 0.29) is 7.43 Å². The number of halogens is 1. The Morgan fingerprint density at radius 1 is 0.707 bits per heavy atom. The van der Waals surface area contributed by atoms with E-state index < -0.39 is 141 Å². The van der Waals surface area contributed by atoms with Crippen LogP contribution in [-0.2, 0) is 55.4 Å². The molecule has 0 spiro atoms. The highest BCUT2D eigenvalue weighted by atomic mass is 127. The summed E-state index contributed by atoms with van der Waals surface area (Å²) >= 11 is 2.15. The van der Waals surface area contributed by atoms with Crippen LogP contribution >= 0.6 is 46.1 Å². The van der Waals surface area contributed by atoms with E-state index in [4.69, 9.17) is 42.9 Å². The molecule has 35 heteroatoms. The number of phosphoric acid groups is 3. The fourth-order valence-corrected chi connectivity index (χ4v) is 7.49. The molecule has 0 aromatic carbocycles. The molecule has 3 fully saturated rings. The van der Waals surface area contributed by atoms with E-state index in [2.05, 4.69) is 71.2 Å². The number of rotatable bonds is 15. The highest BCUT2D eigenvalue weighted by molar-refractivity contribution is 14.1. The lowest BCUT2D eigenvalue weighted by Crippen LogP contribution is -2.64. The number of azide groups is 2. The number of alkyl halides is 1. The summed E-state index contributed by atoms with van der Waals surface area (Å²) in [7, 11) is -10.6. The normalized spacial score (nSPS) is 35.2. The molecule has 0 aliphatic carbocycles. The number of carbonyl (C=O) groups excluding carboxylic acids is 2. The summed E-state index contributed by atoms with van der Waals surface area (Å²) in [6, 6.07) is -4.39. The lowest BCUT2D eigenvalue weighted by atomic mass is 9.93. The summed E-state index contributed by atoms with van der Waals surface area (Å²) in [4.78, 5) is 66.6. The first-order valence-electron chi connectivity index (χ1n) is 15.5. The molecule has 0 saturated carbocycles. The molecule has 0 aromatic heterocycles. The van der Waals surface area contributed by atoms with E-state index in [1.165, 1.54) is 0 Å². The number of amides is 2. The molecule has 30 nitrogen and oxygen atoms in total. The highest BCUT2D eigenvalue weighted by Crippen LogP contribution is 2.61. The quantitative estimate of drug-likeness (QED) is 0.0149. The fourth-order valence-electron chi connectivity index (χ4n) is 4.88. The number of aliphatic hydroxyl groups is 6. The van der Waals surface area contributed by atoms with Crippen molar-refractivity contribution >= 4 is 65.7 Å². The van der Waals surface area contributed by atoms with Crippen molar-refractivity contribution in [3.8, 4) is 0 Å². The second kappa shape index (κ2) is 25.3. The Kier molecular flexibility index (Phi) is 24.6. The number of phosphoric ester groups is 3. The van der Waals surface area contributed by atoms with Crippen molar-refractivity contribution < 1.29 is 106 Å². The minimum Gasteiger partial charge on any atom is -0.388 e. The lowest BCUT2D eigenvalue weighted by Gasteiger charge is -2.42. The second-order valence-corrected chi connectivity index (χ2v) is 15.7. The van der Waals surface area contributed by atoms with Gasteiger partial charge < -0.3 is 75.1 Å². The molecule has 0 bridgehead atoms. The number of hydrogen-bond donors (Lipinski definition) is 12. The Balaban J connectivity index is 0.00000116. The molecule has 3 aliphatic rings. The summed E-state index contributed by atoms with van der Waals surface area (Å²) in [6.45, 7) is 0.252. The van der Waals surface area contributed by atoms with Crippen molar-refractivity contribution in [2.24, 2.45) is 10.2 Å². The van der Waals surface area contributed by atoms with Gasteiger partial charge in [0.05, 0.1) is 38.0 Å². The Hall–Kier alpha value is -1.64. The molecule has 0 aromatic rings. The molecule has 2 radical (unpaired) electrons. The number of nitrogens with zero attached hydrogens (tertiary/aromatic N) is 6. The van der Waals surface area contributed by atoms with Crippen LogP contribution in [0.5, 0.6) is 0 Å². The maximum atomic E-state index is 12.3. The monoisotopic (exact) mass is 1020 g/mol. The Labute approximate surface area is 343 Å². The second-order valence-electron chi connectivity index (χ2n) is 11.5. The minimum atomic E-state index is -5.55. The largest absolute Gasteiger partial charge is 0.483 e. The van der Waals surface area contributed by atoms with E-state index in [9.17, 15) is 63.7 Å². The van der Waals surface area contributed by atoms with Crippen LogP contribution < -0.4 is 10.6 Å². The molecule has 12 N–H and O–H groups in total. The van der Waals surface area contributed by atoms with Gasteiger partial charge in [-0.25, -0.2) is 13.7 Å². The third-order valence-electron chi connectivity index (χ3n) is 7.28. The van der Waals surface area contributed by atoms with Crippen molar-refractivity contribution in [2.75, 3.05) is 24.6 Å². The van der Waals surface area contributed by atoms with Gasteiger partial charge in [0.15, 0.2) is 12.6 Å². The summed E-state index contributed by atoms with van der Waals surface area (Å²) < 4.78 is 68.1. The standard InChI is InChI=1S/C13H23BN4O14P2.C8H15N4O8P.CH3I.CH4/c1-4(19)17-7-10(22)8(20)5(2-16-18-15)30-13(7)31-34(26,27)32-33(24,25)28-3-6-9(21)11(23)12(14)29-6;1-3(13)11-5-7(15)6(14)4(2-10-12-9)19-8(5)20-21(16,17)18;1-2;/h5-13,20-23H,2-3H2,1H3,(H,17,19)(H,24,25)(H,26,27);4-8,14-15H,2H2,1H3,(H,11,13)(H2,16,17,18);1H3;1H4/t5?,6-,7?,8?,9?,10?,11+,12-,13?;;;/m1.../s1. The highest BCUT2D eigenvalue weighted by Gasteiger charge is 2.50. The van der Waals surface area contributed by atoms with Crippen molar-refractivity contribution in [1.82, 2.24) is 10.6 Å². The Morgan fingerprint density at radius 3 is 1.45 bits per heavy atom. The van der Waals surface area contributed by atoms with Gasteiger partial charge in [0.25, 0.3) is 0 Å². The maximum absolute atomic E-state index is 12.3. The Bertz CT molecular complexity index is 1580. The number of carbonyl (C=O) groups is 2. The molecule has 3 aliphatic heterocycles. The van der Waals surface area contributed by atoms with Crippen LogP contribution in [0, 0.1) is 0 Å². The summed E-state index contributed by atoms with van der Waals surface area (Å²) in [5.41, 5.74) is 16.6. The minimum absolute atomic E-state index is 0.